The third-order valence-corrected chi connectivity index (χ3v) is 3.96. The first-order valence-electron chi connectivity index (χ1n) is 5.62. The first-order chi connectivity index (χ1) is 6.84. The summed E-state index contributed by atoms with van der Waals surface area (Å²) >= 11 is 0. The van der Waals surface area contributed by atoms with Crippen LogP contribution in [0.15, 0.2) is 24.3 Å². The van der Waals surface area contributed by atoms with Crippen LogP contribution in [0.2, 0.25) is 0 Å². The van der Waals surface area contributed by atoms with Gasteiger partial charge < -0.3 is 4.90 Å². The Balaban J connectivity index is 2.02. The molecule has 1 unspecified atom stereocenters. The van der Waals surface area contributed by atoms with Crippen LogP contribution >= 0.6 is 0 Å². The van der Waals surface area contributed by atoms with E-state index in [2.05, 4.69) is 36.2 Å². The van der Waals surface area contributed by atoms with E-state index in [1.54, 1.807) is 11.1 Å². The van der Waals surface area contributed by atoms with E-state index in [0.29, 0.717) is 0 Å². The number of likely N-dealkylation sites (tertiary alicyclic amines) is 1. The molecule has 1 fully saturated rings. The molecule has 1 aliphatic carbocycles. The molecule has 1 heterocycles. The van der Waals surface area contributed by atoms with Crippen LogP contribution < -0.4 is 0 Å². The van der Waals surface area contributed by atoms with Gasteiger partial charge in [-0.2, -0.15) is 0 Å². The van der Waals surface area contributed by atoms with E-state index in [-0.39, 0.29) is 0 Å². The molecule has 0 spiro atoms. The van der Waals surface area contributed by atoms with E-state index in [0.717, 1.165) is 12.0 Å². The van der Waals surface area contributed by atoms with Crippen molar-refractivity contribution in [3.05, 3.63) is 35.4 Å². The van der Waals surface area contributed by atoms with E-state index in [9.17, 15) is 0 Å². The Bertz CT molecular complexity index is 345. The molecule has 1 aromatic carbocycles. The van der Waals surface area contributed by atoms with Crippen molar-refractivity contribution in [2.45, 2.75) is 31.2 Å². The van der Waals surface area contributed by atoms with Gasteiger partial charge >= 0.3 is 0 Å². The van der Waals surface area contributed by atoms with Gasteiger partial charge in [-0.15, -0.1) is 0 Å². The Kier molecular flexibility index (Phi) is 1.88. The molecule has 0 amide bonds. The maximum Gasteiger partial charge on any atom is 0.0138 e. The van der Waals surface area contributed by atoms with E-state index < -0.39 is 0 Å². The van der Waals surface area contributed by atoms with Crippen molar-refractivity contribution in [2.24, 2.45) is 0 Å². The van der Waals surface area contributed by atoms with Crippen molar-refractivity contribution >= 4 is 0 Å². The normalized spacial score (nSPS) is 31.2. The van der Waals surface area contributed by atoms with E-state index in [1.165, 1.54) is 25.8 Å². The lowest BCUT2D eigenvalue weighted by atomic mass is 9.75. The van der Waals surface area contributed by atoms with Crippen LogP contribution in [0.4, 0.5) is 0 Å². The summed E-state index contributed by atoms with van der Waals surface area (Å²) in [5, 5.41) is 0. The largest absolute Gasteiger partial charge is 0.303 e. The second-order valence-electron chi connectivity index (χ2n) is 4.76. The molecule has 1 nitrogen and oxygen atoms in total. The number of hydrogen-bond donors (Lipinski definition) is 0. The Hall–Kier alpha value is -0.820. The quantitative estimate of drug-likeness (QED) is 0.603. The van der Waals surface area contributed by atoms with Crippen LogP contribution in [0.3, 0.4) is 0 Å². The molecule has 2 aliphatic rings. The number of nitrogens with zero attached hydrogens (tertiary/aromatic N) is 1. The molecule has 2 atom stereocenters. The van der Waals surface area contributed by atoms with Gasteiger partial charge in [-0.3, -0.25) is 0 Å². The molecular weight excluding hydrogens is 170 g/mol. The second kappa shape index (κ2) is 3.09. The summed E-state index contributed by atoms with van der Waals surface area (Å²) in [6.07, 6.45) is 4.00. The number of fused-ring (bicyclic) bond motifs is 4. The lowest BCUT2D eigenvalue weighted by Gasteiger charge is -2.42. The summed E-state index contributed by atoms with van der Waals surface area (Å²) < 4.78 is 0. The van der Waals surface area contributed by atoms with Gasteiger partial charge in [0.1, 0.15) is 0 Å². The predicted octanol–water partition coefficient (Wildman–Crippen LogP) is 2.42. The van der Waals surface area contributed by atoms with Gasteiger partial charge in [-0.05, 0) is 49.9 Å². The predicted molar refractivity (Wildman–Crippen MR) is 58.5 cm³/mol. The van der Waals surface area contributed by atoms with Crippen molar-refractivity contribution in [1.82, 2.24) is 4.90 Å². The average molecular weight is 187 g/mol. The molecule has 1 aliphatic heterocycles. The van der Waals surface area contributed by atoms with Crippen LogP contribution in [0.25, 0.3) is 0 Å². The minimum atomic E-state index is 0.809. The number of hydrogen-bond acceptors (Lipinski definition) is 1. The summed E-state index contributed by atoms with van der Waals surface area (Å²) in [7, 11) is 2.27. The lowest BCUT2D eigenvalue weighted by molar-refractivity contribution is 0.157. The topological polar surface area (TPSA) is 3.24 Å². The third kappa shape index (κ3) is 1.19. The fraction of sp³-hybridized carbons (Fsp3) is 0.538. The maximum atomic E-state index is 2.53. The third-order valence-electron chi connectivity index (χ3n) is 3.96. The molecule has 0 radical (unpaired) electrons. The van der Waals surface area contributed by atoms with Crippen molar-refractivity contribution < 1.29 is 0 Å². The van der Waals surface area contributed by atoms with Crippen LogP contribution in [0, 0.1) is 0 Å². The SMILES string of the molecule is CN1CC[C@H]2CC1Cc1ccccc12. The maximum absolute atomic E-state index is 2.53. The Morgan fingerprint density at radius 2 is 2.14 bits per heavy atom. The average Bonchev–Trinajstić information content (AvgIpc) is 2.24. The molecule has 3 rings (SSSR count). The molecule has 74 valence electrons. The Morgan fingerprint density at radius 3 is 3.07 bits per heavy atom. The summed E-state index contributed by atoms with van der Waals surface area (Å²) in [5.74, 6) is 0.848. The zero-order valence-electron chi connectivity index (χ0n) is 8.74. The van der Waals surface area contributed by atoms with Crippen LogP contribution in [0.5, 0.6) is 0 Å². The summed E-state index contributed by atoms with van der Waals surface area (Å²) in [5.41, 5.74) is 3.23. The van der Waals surface area contributed by atoms with E-state index in [1.807, 2.05) is 0 Å². The van der Waals surface area contributed by atoms with Crippen molar-refractivity contribution in [3.63, 3.8) is 0 Å². The highest BCUT2D eigenvalue weighted by molar-refractivity contribution is 5.34. The van der Waals surface area contributed by atoms with Gasteiger partial charge in [0.05, 0.1) is 0 Å². The Morgan fingerprint density at radius 1 is 1.29 bits per heavy atom. The minimum Gasteiger partial charge on any atom is -0.303 e. The van der Waals surface area contributed by atoms with Gasteiger partial charge in [0.2, 0.25) is 0 Å². The summed E-state index contributed by atoms with van der Waals surface area (Å²) in [4.78, 5) is 2.53. The highest BCUT2D eigenvalue weighted by Crippen LogP contribution is 2.38. The van der Waals surface area contributed by atoms with Gasteiger partial charge in [0.15, 0.2) is 0 Å². The number of piperidine rings is 1. The molecule has 1 aromatic rings. The summed E-state index contributed by atoms with van der Waals surface area (Å²) in [6.45, 7) is 1.28. The van der Waals surface area contributed by atoms with E-state index in [4.69, 9.17) is 0 Å². The van der Waals surface area contributed by atoms with Crippen LogP contribution in [-0.4, -0.2) is 24.5 Å². The number of rotatable bonds is 0. The first-order valence-corrected chi connectivity index (χ1v) is 5.62. The van der Waals surface area contributed by atoms with Crippen LogP contribution in [-0.2, 0) is 6.42 Å². The molecule has 0 saturated carbocycles. The zero-order valence-corrected chi connectivity index (χ0v) is 8.74. The van der Waals surface area contributed by atoms with Crippen molar-refractivity contribution in [3.8, 4) is 0 Å². The molecule has 1 saturated heterocycles. The van der Waals surface area contributed by atoms with Crippen molar-refractivity contribution in [2.75, 3.05) is 13.6 Å². The van der Waals surface area contributed by atoms with E-state index >= 15 is 0 Å². The smallest absolute Gasteiger partial charge is 0.0138 e. The number of benzene rings is 1. The molecule has 0 N–H and O–H groups in total. The standard InChI is InChI=1S/C13H17N/c1-14-7-6-11-9-12(14)8-10-4-2-3-5-13(10)11/h2-5,11-12H,6-9H2,1H3/t11-,12?/m0/s1. The molecular formula is C13H17N. The first kappa shape index (κ1) is 8.49. The molecule has 1 heteroatoms. The van der Waals surface area contributed by atoms with Gasteiger partial charge in [0.25, 0.3) is 0 Å². The highest BCUT2D eigenvalue weighted by atomic mass is 15.1. The highest BCUT2D eigenvalue weighted by Gasteiger charge is 2.32. The molecule has 14 heavy (non-hydrogen) atoms. The zero-order chi connectivity index (χ0) is 9.54. The lowest BCUT2D eigenvalue weighted by Crippen LogP contribution is -2.43. The van der Waals surface area contributed by atoms with Gasteiger partial charge in [0, 0.05) is 6.04 Å². The number of likely N-dealkylation sites (N-methyl/N-ethyl adjacent to an activating group) is 1. The minimum absolute atomic E-state index is 0.809. The van der Waals surface area contributed by atoms with Crippen LogP contribution in [0.1, 0.15) is 29.9 Å². The molecule has 0 aromatic heterocycles. The van der Waals surface area contributed by atoms with Gasteiger partial charge in [-0.25, -0.2) is 0 Å². The molecule has 2 bridgehead atoms. The monoisotopic (exact) mass is 187 g/mol. The fourth-order valence-corrected chi connectivity index (χ4v) is 3.06. The van der Waals surface area contributed by atoms with Gasteiger partial charge in [-0.1, -0.05) is 24.3 Å². The fourth-order valence-electron chi connectivity index (χ4n) is 3.06. The summed E-state index contributed by atoms with van der Waals surface area (Å²) in [6, 6.07) is 9.83. The second-order valence-corrected chi connectivity index (χ2v) is 4.76. The Labute approximate surface area is 85.7 Å². The van der Waals surface area contributed by atoms with Crippen molar-refractivity contribution in [1.29, 1.82) is 0 Å².